The molecule has 20 heavy (non-hydrogen) atoms. The summed E-state index contributed by atoms with van der Waals surface area (Å²) in [6.45, 7) is 7.23. The zero-order valence-corrected chi connectivity index (χ0v) is 12.7. The van der Waals surface area contributed by atoms with Crippen LogP contribution in [0.25, 0.3) is 0 Å². The fourth-order valence-electron chi connectivity index (χ4n) is 2.53. The topological polar surface area (TPSA) is 15.3 Å². The summed E-state index contributed by atoms with van der Waals surface area (Å²) in [5.74, 6) is 0. The molecule has 106 valence electrons. The summed E-state index contributed by atoms with van der Waals surface area (Å²) in [5.41, 5.74) is 5.36. The molecule has 0 saturated carbocycles. The van der Waals surface area contributed by atoms with Gasteiger partial charge >= 0.3 is 0 Å². The molecule has 0 atom stereocenters. The van der Waals surface area contributed by atoms with Gasteiger partial charge in [-0.1, -0.05) is 48.0 Å². The Morgan fingerprint density at radius 2 is 1.80 bits per heavy atom. The highest BCUT2D eigenvalue weighted by Crippen LogP contribution is 2.23. The molecule has 0 aromatic heterocycles. The van der Waals surface area contributed by atoms with Crippen molar-refractivity contribution < 1.29 is 0 Å². The van der Waals surface area contributed by atoms with E-state index in [4.69, 9.17) is 0 Å². The first-order valence-electron chi connectivity index (χ1n) is 7.27. The lowest BCUT2D eigenvalue weighted by Crippen LogP contribution is -2.24. The molecule has 0 unspecified atom stereocenters. The van der Waals surface area contributed by atoms with E-state index >= 15 is 0 Å². The Bertz CT molecular complexity index is 534. The van der Waals surface area contributed by atoms with E-state index in [0.29, 0.717) is 0 Å². The van der Waals surface area contributed by atoms with Crippen LogP contribution in [0.5, 0.6) is 0 Å². The van der Waals surface area contributed by atoms with Gasteiger partial charge in [0.05, 0.1) is 0 Å². The van der Waals surface area contributed by atoms with Gasteiger partial charge in [0.15, 0.2) is 0 Å². The standard InChI is InChI=1S/C18H24N2/c1-4-20(14-16-8-6-5-7-9-16)18-11-10-15(2)12-17(18)13-19-3/h5-12,19H,4,13-14H2,1-3H3. The van der Waals surface area contributed by atoms with E-state index in [-0.39, 0.29) is 0 Å². The molecule has 0 amide bonds. The Kier molecular flexibility index (Phi) is 5.19. The predicted molar refractivity (Wildman–Crippen MR) is 87.1 cm³/mol. The van der Waals surface area contributed by atoms with Crippen LogP contribution in [0.2, 0.25) is 0 Å². The first-order valence-corrected chi connectivity index (χ1v) is 7.27. The molecule has 2 rings (SSSR count). The predicted octanol–water partition coefficient (Wildman–Crippen LogP) is 3.74. The quantitative estimate of drug-likeness (QED) is 0.858. The zero-order chi connectivity index (χ0) is 14.4. The third-order valence-corrected chi connectivity index (χ3v) is 3.54. The molecule has 0 aliphatic rings. The zero-order valence-electron chi connectivity index (χ0n) is 12.7. The fraction of sp³-hybridized carbons (Fsp3) is 0.333. The number of nitrogens with zero attached hydrogens (tertiary/aromatic N) is 1. The smallest absolute Gasteiger partial charge is 0.0429 e. The van der Waals surface area contributed by atoms with Crippen LogP contribution in [0.4, 0.5) is 5.69 Å². The highest BCUT2D eigenvalue weighted by molar-refractivity contribution is 5.55. The van der Waals surface area contributed by atoms with Crippen molar-refractivity contribution in [2.45, 2.75) is 26.9 Å². The van der Waals surface area contributed by atoms with Crippen molar-refractivity contribution >= 4 is 5.69 Å². The summed E-state index contributed by atoms with van der Waals surface area (Å²) in [6.07, 6.45) is 0. The molecule has 0 fully saturated rings. The molecule has 0 radical (unpaired) electrons. The monoisotopic (exact) mass is 268 g/mol. The number of benzene rings is 2. The largest absolute Gasteiger partial charge is 0.367 e. The van der Waals surface area contributed by atoms with Crippen LogP contribution < -0.4 is 10.2 Å². The highest BCUT2D eigenvalue weighted by atomic mass is 15.1. The summed E-state index contributed by atoms with van der Waals surface area (Å²) >= 11 is 0. The molecule has 0 heterocycles. The van der Waals surface area contributed by atoms with Gasteiger partial charge in [0.1, 0.15) is 0 Å². The molecular weight excluding hydrogens is 244 g/mol. The van der Waals surface area contributed by atoms with Crippen LogP contribution in [-0.2, 0) is 13.1 Å². The van der Waals surface area contributed by atoms with Gasteiger partial charge in [-0.05, 0) is 38.1 Å². The molecule has 2 aromatic carbocycles. The first-order chi connectivity index (χ1) is 9.74. The second-order valence-corrected chi connectivity index (χ2v) is 5.16. The Morgan fingerprint density at radius 1 is 1.05 bits per heavy atom. The van der Waals surface area contributed by atoms with Crippen LogP contribution in [0, 0.1) is 6.92 Å². The minimum atomic E-state index is 0.905. The molecule has 0 aliphatic carbocycles. The van der Waals surface area contributed by atoms with Gasteiger partial charge in [-0.2, -0.15) is 0 Å². The molecule has 0 spiro atoms. The average molecular weight is 268 g/mol. The maximum absolute atomic E-state index is 3.27. The summed E-state index contributed by atoms with van der Waals surface area (Å²) in [5, 5.41) is 3.27. The summed E-state index contributed by atoms with van der Waals surface area (Å²) in [6, 6.07) is 17.4. The van der Waals surface area contributed by atoms with Crippen molar-refractivity contribution in [2.24, 2.45) is 0 Å². The summed E-state index contributed by atoms with van der Waals surface area (Å²) < 4.78 is 0. The van der Waals surface area contributed by atoms with Gasteiger partial charge in [-0.25, -0.2) is 0 Å². The van der Waals surface area contributed by atoms with Crippen molar-refractivity contribution in [1.82, 2.24) is 5.32 Å². The summed E-state index contributed by atoms with van der Waals surface area (Å²) in [4.78, 5) is 2.43. The molecule has 0 aliphatic heterocycles. The Labute approximate surface area is 122 Å². The Balaban J connectivity index is 2.27. The Hall–Kier alpha value is -1.80. The van der Waals surface area contributed by atoms with E-state index in [1.165, 1.54) is 22.4 Å². The van der Waals surface area contributed by atoms with E-state index in [0.717, 1.165) is 19.6 Å². The van der Waals surface area contributed by atoms with Crippen molar-refractivity contribution in [3.8, 4) is 0 Å². The van der Waals surface area contributed by atoms with Gasteiger partial charge in [0, 0.05) is 25.3 Å². The third-order valence-electron chi connectivity index (χ3n) is 3.54. The first kappa shape index (κ1) is 14.6. The van der Waals surface area contributed by atoms with Gasteiger partial charge in [0.2, 0.25) is 0 Å². The normalized spacial score (nSPS) is 10.6. The molecule has 2 aromatic rings. The van der Waals surface area contributed by atoms with Gasteiger partial charge in [-0.15, -0.1) is 0 Å². The van der Waals surface area contributed by atoms with Crippen LogP contribution in [0.1, 0.15) is 23.6 Å². The Morgan fingerprint density at radius 3 is 2.45 bits per heavy atom. The number of nitrogens with one attached hydrogen (secondary N) is 1. The fourth-order valence-corrected chi connectivity index (χ4v) is 2.53. The molecular formula is C18H24N2. The van der Waals surface area contributed by atoms with E-state index in [2.05, 4.69) is 72.6 Å². The number of hydrogen-bond acceptors (Lipinski definition) is 2. The third kappa shape index (κ3) is 3.61. The second-order valence-electron chi connectivity index (χ2n) is 5.16. The van der Waals surface area contributed by atoms with Crippen molar-refractivity contribution in [3.05, 3.63) is 65.2 Å². The molecule has 1 N–H and O–H groups in total. The minimum absolute atomic E-state index is 0.905. The lowest BCUT2D eigenvalue weighted by atomic mass is 10.1. The molecule has 0 bridgehead atoms. The van der Waals surface area contributed by atoms with Gasteiger partial charge < -0.3 is 10.2 Å². The van der Waals surface area contributed by atoms with Crippen LogP contribution in [0.15, 0.2) is 48.5 Å². The lowest BCUT2D eigenvalue weighted by molar-refractivity contribution is 0.784. The number of anilines is 1. The number of aryl methyl sites for hydroxylation is 1. The molecule has 2 nitrogen and oxygen atoms in total. The van der Waals surface area contributed by atoms with Crippen molar-refractivity contribution in [2.75, 3.05) is 18.5 Å². The number of rotatable bonds is 6. The lowest BCUT2D eigenvalue weighted by Gasteiger charge is -2.26. The maximum Gasteiger partial charge on any atom is 0.0429 e. The van der Waals surface area contributed by atoms with Crippen molar-refractivity contribution in [3.63, 3.8) is 0 Å². The molecule has 0 saturated heterocycles. The second kappa shape index (κ2) is 7.11. The SMILES string of the molecule is CCN(Cc1ccccc1)c1ccc(C)cc1CNC. The minimum Gasteiger partial charge on any atom is -0.367 e. The highest BCUT2D eigenvalue weighted by Gasteiger charge is 2.10. The maximum atomic E-state index is 3.27. The van der Waals surface area contributed by atoms with Crippen LogP contribution >= 0.6 is 0 Å². The van der Waals surface area contributed by atoms with Crippen LogP contribution in [0.3, 0.4) is 0 Å². The number of hydrogen-bond donors (Lipinski definition) is 1. The van der Waals surface area contributed by atoms with E-state index in [1.54, 1.807) is 0 Å². The van der Waals surface area contributed by atoms with E-state index in [9.17, 15) is 0 Å². The van der Waals surface area contributed by atoms with Crippen molar-refractivity contribution in [1.29, 1.82) is 0 Å². The van der Waals surface area contributed by atoms with Gasteiger partial charge in [0.25, 0.3) is 0 Å². The van der Waals surface area contributed by atoms with Gasteiger partial charge in [-0.3, -0.25) is 0 Å². The van der Waals surface area contributed by atoms with E-state index < -0.39 is 0 Å². The molecule has 2 heteroatoms. The van der Waals surface area contributed by atoms with E-state index in [1.807, 2.05) is 7.05 Å². The van der Waals surface area contributed by atoms with Crippen LogP contribution in [-0.4, -0.2) is 13.6 Å². The summed E-state index contributed by atoms with van der Waals surface area (Å²) in [7, 11) is 2.00. The average Bonchev–Trinajstić information content (AvgIpc) is 2.47.